The molecule has 0 fully saturated rings. The van der Waals surface area contributed by atoms with E-state index >= 15 is 0 Å². The van der Waals surface area contributed by atoms with Crippen molar-refractivity contribution in [1.29, 1.82) is 0 Å². The summed E-state index contributed by atoms with van der Waals surface area (Å²) in [6.07, 6.45) is 3.35. The molecule has 1 aliphatic rings. The van der Waals surface area contributed by atoms with Gasteiger partial charge in [-0.25, -0.2) is 9.59 Å². The lowest BCUT2D eigenvalue weighted by Crippen LogP contribution is -2.20. The number of likely N-dealkylation sites (N-methyl/N-ethyl adjacent to an activating group) is 1. The van der Waals surface area contributed by atoms with Gasteiger partial charge in [0, 0.05) is 30.1 Å². The molecule has 0 atom stereocenters. The van der Waals surface area contributed by atoms with Gasteiger partial charge in [0.1, 0.15) is 5.75 Å². The van der Waals surface area contributed by atoms with E-state index in [2.05, 4.69) is 48.3 Å². The van der Waals surface area contributed by atoms with E-state index in [0.29, 0.717) is 12.2 Å². The topological polar surface area (TPSA) is 87.1 Å². The molecule has 2 aromatic rings. The molecule has 1 aliphatic heterocycles. The van der Waals surface area contributed by atoms with Crippen LogP contribution in [0, 0.1) is 0 Å². The molecular weight excluding hydrogens is 390 g/mol. The van der Waals surface area contributed by atoms with Crippen molar-refractivity contribution in [1.82, 2.24) is 4.90 Å². The summed E-state index contributed by atoms with van der Waals surface area (Å²) in [7, 11) is 3.96. The highest BCUT2D eigenvalue weighted by molar-refractivity contribution is 7.99. The minimum absolute atomic E-state index is 0.558. The molecule has 0 saturated carbocycles. The summed E-state index contributed by atoms with van der Waals surface area (Å²) in [5.74, 6) is -1.52. The van der Waals surface area contributed by atoms with E-state index in [1.165, 1.54) is 20.9 Å². The average molecular weight is 416 g/mol. The van der Waals surface area contributed by atoms with Crippen LogP contribution in [0.3, 0.4) is 0 Å². The number of hydrogen-bond donors (Lipinski definition) is 2. The van der Waals surface area contributed by atoms with Crippen LogP contribution in [0.2, 0.25) is 0 Å². The van der Waals surface area contributed by atoms with Crippen LogP contribution in [0.25, 0.3) is 0 Å². The summed E-state index contributed by atoms with van der Waals surface area (Å²) in [6, 6.07) is 15.0. The van der Waals surface area contributed by atoms with Crippen molar-refractivity contribution in [3.63, 3.8) is 0 Å². The lowest BCUT2D eigenvalue weighted by atomic mass is 10.0. The molecule has 154 valence electrons. The standard InChI is InChI=1S/C18H21NOS.C4H4O4/c1-19-10-8-14-12-17(20-2)18(13-15(14)9-11-19)21-16-6-4-3-5-7-16;5-3(6)1-2-4(7)8/h3-7,12-13H,8-11H2,1-2H3;1-2H,(H,5,6)(H,7,8)/b;2-1-. The third kappa shape index (κ3) is 7.63. The molecule has 3 rings (SSSR count). The number of ether oxygens (including phenoxy) is 1. The molecule has 29 heavy (non-hydrogen) atoms. The van der Waals surface area contributed by atoms with Crippen molar-refractivity contribution in [2.45, 2.75) is 22.6 Å². The molecule has 2 N–H and O–H groups in total. The number of nitrogens with zero attached hydrogens (tertiary/aromatic N) is 1. The predicted octanol–water partition coefficient (Wildman–Crippen LogP) is 3.59. The first-order valence-corrected chi connectivity index (χ1v) is 9.96. The highest BCUT2D eigenvalue weighted by Crippen LogP contribution is 2.37. The van der Waals surface area contributed by atoms with Gasteiger partial charge in [0.15, 0.2) is 0 Å². The van der Waals surface area contributed by atoms with Crippen molar-refractivity contribution in [2.75, 3.05) is 27.2 Å². The van der Waals surface area contributed by atoms with Gasteiger partial charge >= 0.3 is 11.9 Å². The Morgan fingerprint density at radius 3 is 2.07 bits per heavy atom. The van der Waals surface area contributed by atoms with E-state index in [0.717, 1.165) is 31.7 Å². The van der Waals surface area contributed by atoms with Gasteiger partial charge in [0.25, 0.3) is 0 Å². The van der Waals surface area contributed by atoms with Gasteiger partial charge in [-0.2, -0.15) is 0 Å². The van der Waals surface area contributed by atoms with E-state index < -0.39 is 11.9 Å². The number of carbonyl (C=O) groups is 2. The number of rotatable bonds is 5. The summed E-state index contributed by atoms with van der Waals surface area (Å²) in [5.41, 5.74) is 2.91. The Labute approximate surface area is 174 Å². The third-order valence-corrected chi connectivity index (χ3v) is 5.40. The van der Waals surface area contributed by atoms with Crippen LogP contribution in [0.15, 0.2) is 64.4 Å². The number of aliphatic carboxylic acids is 2. The smallest absolute Gasteiger partial charge is 0.328 e. The summed E-state index contributed by atoms with van der Waals surface area (Å²) in [5, 5.41) is 15.6. The van der Waals surface area contributed by atoms with Crippen LogP contribution in [-0.4, -0.2) is 54.3 Å². The number of methoxy groups -OCH3 is 1. The Morgan fingerprint density at radius 1 is 1.00 bits per heavy atom. The predicted molar refractivity (Wildman–Crippen MR) is 113 cm³/mol. The van der Waals surface area contributed by atoms with E-state index in [1.807, 2.05) is 6.07 Å². The fraction of sp³-hybridized carbons (Fsp3) is 0.273. The normalized spacial score (nSPS) is 13.7. The van der Waals surface area contributed by atoms with Gasteiger partial charge in [-0.1, -0.05) is 30.0 Å². The molecule has 0 aromatic heterocycles. The Kier molecular flexibility index (Phi) is 8.76. The molecule has 0 amide bonds. The second kappa shape index (κ2) is 11.3. The quantitative estimate of drug-likeness (QED) is 0.722. The van der Waals surface area contributed by atoms with Crippen molar-refractivity contribution in [3.8, 4) is 5.75 Å². The molecule has 2 aromatic carbocycles. The van der Waals surface area contributed by atoms with Gasteiger partial charge < -0.3 is 19.8 Å². The third-order valence-electron chi connectivity index (χ3n) is 4.35. The maximum absolute atomic E-state index is 9.55. The van der Waals surface area contributed by atoms with Crippen LogP contribution in [0.1, 0.15) is 11.1 Å². The second-order valence-electron chi connectivity index (χ2n) is 6.50. The highest BCUT2D eigenvalue weighted by atomic mass is 32.2. The van der Waals surface area contributed by atoms with Gasteiger partial charge in [-0.15, -0.1) is 0 Å². The molecule has 1 heterocycles. The molecule has 0 spiro atoms. The zero-order valence-electron chi connectivity index (χ0n) is 16.5. The number of benzene rings is 2. The molecule has 0 saturated heterocycles. The van der Waals surface area contributed by atoms with Gasteiger partial charge in [-0.05, 0) is 55.3 Å². The highest BCUT2D eigenvalue weighted by Gasteiger charge is 2.15. The van der Waals surface area contributed by atoms with Crippen LogP contribution in [0.5, 0.6) is 5.75 Å². The number of hydrogen-bond acceptors (Lipinski definition) is 5. The van der Waals surface area contributed by atoms with E-state index in [4.69, 9.17) is 14.9 Å². The number of carboxylic acids is 2. The van der Waals surface area contributed by atoms with Crippen molar-refractivity contribution in [3.05, 3.63) is 65.7 Å². The summed E-state index contributed by atoms with van der Waals surface area (Å²) in [4.78, 5) is 24.0. The molecule has 6 nitrogen and oxygen atoms in total. The Balaban J connectivity index is 0.000000321. The maximum Gasteiger partial charge on any atom is 0.328 e. The molecular formula is C22H25NO5S. The zero-order chi connectivity index (χ0) is 21.2. The molecule has 0 radical (unpaired) electrons. The van der Waals surface area contributed by atoms with E-state index in [9.17, 15) is 9.59 Å². The SMILES string of the molecule is COc1cc2c(cc1Sc1ccccc1)CCN(C)CC2.O=C(O)/C=C\C(=O)O. The second-order valence-corrected chi connectivity index (χ2v) is 7.62. The Morgan fingerprint density at radius 2 is 1.55 bits per heavy atom. The van der Waals surface area contributed by atoms with Gasteiger partial charge in [-0.3, -0.25) is 0 Å². The first kappa shape index (κ1) is 22.5. The lowest BCUT2D eigenvalue weighted by molar-refractivity contribution is -0.134. The fourth-order valence-electron chi connectivity index (χ4n) is 2.84. The first-order chi connectivity index (χ1) is 13.9. The summed E-state index contributed by atoms with van der Waals surface area (Å²) in [6.45, 7) is 2.26. The lowest BCUT2D eigenvalue weighted by Gasteiger charge is -2.13. The van der Waals surface area contributed by atoms with E-state index in [1.54, 1.807) is 18.9 Å². The number of carboxylic acid groups (broad SMARTS) is 2. The molecule has 7 heteroatoms. The fourth-order valence-corrected chi connectivity index (χ4v) is 3.83. The Bertz CT molecular complexity index is 851. The minimum atomic E-state index is -1.26. The Hall–Kier alpha value is -2.77. The van der Waals surface area contributed by atoms with Crippen molar-refractivity contribution >= 4 is 23.7 Å². The monoisotopic (exact) mass is 415 g/mol. The van der Waals surface area contributed by atoms with Crippen LogP contribution >= 0.6 is 11.8 Å². The minimum Gasteiger partial charge on any atom is -0.496 e. The zero-order valence-corrected chi connectivity index (χ0v) is 17.3. The largest absolute Gasteiger partial charge is 0.496 e. The molecule has 0 unspecified atom stereocenters. The average Bonchev–Trinajstić information content (AvgIpc) is 2.88. The van der Waals surface area contributed by atoms with Crippen molar-refractivity contribution in [2.24, 2.45) is 0 Å². The summed E-state index contributed by atoms with van der Waals surface area (Å²) < 4.78 is 5.62. The maximum atomic E-state index is 9.55. The van der Waals surface area contributed by atoms with Crippen LogP contribution in [-0.2, 0) is 22.4 Å². The van der Waals surface area contributed by atoms with Gasteiger partial charge in [0.05, 0.1) is 12.0 Å². The van der Waals surface area contributed by atoms with Crippen LogP contribution in [0.4, 0.5) is 0 Å². The van der Waals surface area contributed by atoms with Gasteiger partial charge in [0.2, 0.25) is 0 Å². The van der Waals surface area contributed by atoms with E-state index in [-0.39, 0.29) is 0 Å². The van der Waals surface area contributed by atoms with Crippen LogP contribution < -0.4 is 4.74 Å². The summed E-state index contributed by atoms with van der Waals surface area (Å²) >= 11 is 1.78. The first-order valence-electron chi connectivity index (χ1n) is 9.14. The molecule has 0 aliphatic carbocycles. The van der Waals surface area contributed by atoms with Crippen molar-refractivity contribution < 1.29 is 24.5 Å². The number of fused-ring (bicyclic) bond motifs is 1. The molecule has 0 bridgehead atoms.